The van der Waals surface area contributed by atoms with Crippen LogP contribution < -0.4 is 10.5 Å². The third kappa shape index (κ3) is 3.11. The number of carboxylic acid groups (broad SMARTS) is 1. The fraction of sp³-hybridized carbons (Fsp3) is 0. The quantitative estimate of drug-likeness (QED) is 0.747. The number of halogens is 1. The third-order valence-electron chi connectivity index (χ3n) is 2.67. The Morgan fingerprint density at radius 1 is 1.19 bits per heavy atom. The Kier molecular flexibility index (Phi) is 3.81. The van der Waals surface area contributed by atoms with Gasteiger partial charge in [0.15, 0.2) is 0 Å². The molecule has 0 atom stereocenters. The molecule has 0 heterocycles. The number of rotatable bonds is 4. The zero-order valence-electron chi connectivity index (χ0n) is 10.6. The van der Waals surface area contributed by atoms with Gasteiger partial charge in [-0.3, -0.25) is 4.72 Å². The van der Waals surface area contributed by atoms with Gasteiger partial charge in [0.05, 0.1) is 16.9 Å². The van der Waals surface area contributed by atoms with Crippen LogP contribution in [-0.4, -0.2) is 19.5 Å². The first-order valence-electron chi connectivity index (χ1n) is 5.71. The van der Waals surface area contributed by atoms with Gasteiger partial charge < -0.3 is 10.8 Å². The molecule has 2 rings (SSSR count). The summed E-state index contributed by atoms with van der Waals surface area (Å²) in [6.45, 7) is 0. The number of hydrogen-bond acceptors (Lipinski definition) is 4. The van der Waals surface area contributed by atoms with Gasteiger partial charge in [0, 0.05) is 0 Å². The Balaban J connectivity index is 2.41. The van der Waals surface area contributed by atoms with Crippen molar-refractivity contribution < 1.29 is 22.7 Å². The Morgan fingerprint density at radius 3 is 2.43 bits per heavy atom. The second kappa shape index (κ2) is 5.41. The predicted molar refractivity (Wildman–Crippen MR) is 75.0 cm³/mol. The number of sulfonamides is 1. The van der Waals surface area contributed by atoms with Crippen LogP contribution in [0.5, 0.6) is 0 Å². The largest absolute Gasteiger partial charge is 0.478 e. The summed E-state index contributed by atoms with van der Waals surface area (Å²) in [6, 6.07) is 8.64. The van der Waals surface area contributed by atoms with Gasteiger partial charge in [-0.25, -0.2) is 17.6 Å². The molecule has 2 aromatic rings. The average molecular weight is 310 g/mol. The fourth-order valence-corrected chi connectivity index (χ4v) is 2.79. The molecule has 6 nitrogen and oxygen atoms in total. The molecular weight excluding hydrogens is 299 g/mol. The van der Waals surface area contributed by atoms with Crippen LogP contribution in [0.4, 0.5) is 15.8 Å². The molecule has 0 bridgehead atoms. The van der Waals surface area contributed by atoms with Crippen LogP contribution in [0.3, 0.4) is 0 Å². The van der Waals surface area contributed by atoms with Gasteiger partial charge in [-0.2, -0.15) is 0 Å². The summed E-state index contributed by atoms with van der Waals surface area (Å²) in [4.78, 5) is 10.0. The summed E-state index contributed by atoms with van der Waals surface area (Å²) >= 11 is 0. The average Bonchev–Trinajstić information content (AvgIpc) is 2.40. The lowest BCUT2D eigenvalue weighted by molar-refractivity contribution is 0.0696. The molecule has 2 aromatic carbocycles. The number of nitrogens with one attached hydrogen (secondary N) is 1. The highest BCUT2D eigenvalue weighted by Crippen LogP contribution is 2.23. The lowest BCUT2D eigenvalue weighted by atomic mass is 10.2. The standard InChI is InChI=1S/C13H11FN2O4S/c14-9-7-8(13(17)18)5-6-12(9)21(19,20)16-11-4-2-1-3-10(11)15/h1-7,16H,15H2,(H,17,18). The van der Waals surface area contributed by atoms with E-state index in [0.29, 0.717) is 6.07 Å². The first-order chi connectivity index (χ1) is 9.81. The summed E-state index contributed by atoms with van der Waals surface area (Å²) in [7, 11) is -4.21. The smallest absolute Gasteiger partial charge is 0.335 e. The van der Waals surface area contributed by atoms with Crippen molar-refractivity contribution in [1.82, 2.24) is 0 Å². The van der Waals surface area contributed by atoms with E-state index in [0.717, 1.165) is 12.1 Å². The molecule has 0 aliphatic heterocycles. The number of hydrogen-bond donors (Lipinski definition) is 3. The Hall–Kier alpha value is -2.61. The molecule has 0 saturated heterocycles. The van der Waals surface area contributed by atoms with Gasteiger partial charge in [-0.05, 0) is 30.3 Å². The van der Waals surface area contributed by atoms with E-state index in [1.54, 1.807) is 12.1 Å². The zero-order chi connectivity index (χ0) is 15.6. The number of nitrogen functional groups attached to an aromatic ring is 1. The van der Waals surface area contributed by atoms with Crippen molar-refractivity contribution in [3.63, 3.8) is 0 Å². The molecule has 0 saturated carbocycles. The Bertz CT molecular complexity index is 806. The first kappa shape index (κ1) is 14.8. The van der Waals surface area contributed by atoms with Crippen LogP contribution in [0, 0.1) is 5.82 Å². The molecule has 0 aromatic heterocycles. The van der Waals surface area contributed by atoms with Crippen molar-refractivity contribution in [3.8, 4) is 0 Å². The summed E-state index contributed by atoms with van der Waals surface area (Å²) in [6.07, 6.45) is 0. The first-order valence-corrected chi connectivity index (χ1v) is 7.20. The maximum atomic E-state index is 13.8. The monoisotopic (exact) mass is 310 g/mol. The summed E-state index contributed by atoms with van der Waals surface area (Å²) in [5.41, 5.74) is 5.56. The van der Waals surface area contributed by atoms with Crippen LogP contribution >= 0.6 is 0 Å². The number of aromatic carboxylic acids is 1. The highest BCUT2D eigenvalue weighted by atomic mass is 32.2. The van der Waals surface area contributed by atoms with Crippen molar-refractivity contribution in [2.75, 3.05) is 10.5 Å². The third-order valence-corrected chi connectivity index (χ3v) is 4.07. The van der Waals surface area contributed by atoms with E-state index in [-0.39, 0.29) is 16.9 Å². The highest BCUT2D eigenvalue weighted by molar-refractivity contribution is 7.92. The maximum Gasteiger partial charge on any atom is 0.335 e. The van der Waals surface area contributed by atoms with Crippen LogP contribution in [0.2, 0.25) is 0 Å². The van der Waals surface area contributed by atoms with Crippen molar-refractivity contribution in [2.24, 2.45) is 0 Å². The van der Waals surface area contributed by atoms with E-state index in [1.807, 2.05) is 0 Å². The van der Waals surface area contributed by atoms with E-state index < -0.39 is 26.7 Å². The van der Waals surface area contributed by atoms with E-state index >= 15 is 0 Å². The van der Waals surface area contributed by atoms with E-state index in [4.69, 9.17) is 10.8 Å². The molecule has 8 heteroatoms. The molecule has 4 N–H and O–H groups in total. The second-order valence-corrected chi connectivity index (χ2v) is 5.79. The van der Waals surface area contributed by atoms with Gasteiger partial charge in [0.25, 0.3) is 10.0 Å². The summed E-state index contributed by atoms with van der Waals surface area (Å²) in [5, 5.41) is 8.73. The Morgan fingerprint density at radius 2 is 1.86 bits per heavy atom. The van der Waals surface area contributed by atoms with Gasteiger partial charge >= 0.3 is 5.97 Å². The van der Waals surface area contributed by atoms with Crippen LogP contribution in [-0.2, 0) is 10.0 Å². The maximum absolute atomic E-state index is 13.8. The molecule has 0 unspecified atom stereocenters. The fourth-order valence-electron chi connectivity index (χ4n) is 1.64. The lowest BCUT2D eigenvalue weighted by Gasteiger charge is -2.11. The minimum atomic E-state index is -4.21. The van der Waals surface area contributed by atoms with Crippen LogP contribution in [0.1, 0.15) is 10.4 Å². The molecular formula is C13H11FN2O4S. The number of para-hydroxylation sites is 2. The minimum Gasteiger partial charge on any atom is -0.478 e. The number of nitrogens with two attached hydrogens (primary N) is 1. The van der Waals surface area contributed by atoms with Gasteiger partial charge in [-0.1, -0.05) is 12.1 Å². The number of carboxylic acids is 1. The van der Waals surface area contributed by atoms with Crippen molar-refractivity contribution in [2.45, 2.75) is 4.90 Å². The molecule has 0 fully saturated rings. The normalized spacial score (nSPS) is 11.1. The van der Waals surface area contributed by atoms with Gasteiger partial charge in [-0.15, -0.1) is 0 Å². The van der Waals surface area contributed by atoms with Crippen LogP contribution in [0.15, 0.2) is 47.4 Å². The molecule has 0 radical (unpaired) electrons. The molecule has 0 amide bonds. The molecule has 21 heavy (non-hydrogen) atoms. The van der Waals surface area contributed by atoms with Gasteiger partial charge in [0.1, 0.15) is 10.7 Å². The minimum absolute atomic E-state index is 0.110. The summed E-state index contributed by atoms with van der Waals surface area (Å²) in [5.74, 6) is -2.50. The number of benzene rings is 2. The summed E-state index contributed by atoms with van der Waals surface area (Å²) < 4.78 is 40.2. The predicted octanol–water partition coefficient (Wildman–Crippen LogP) is 1.91. The molecule has 110 valence electrons. The molecule has 0 spiro atoms. The van der Waals surface area contributed by atoms with Crippen molar-refractivity contribution >= 4 is 27.4 Å². The molecule has 0 aliphatic rings. The molecule has 0 aliphatic carbocycles. The second-order valence-electron chi connectivity index (χ2n) is 4.14. The van der Waals surface area contributed by atoms with E-state index in [2.05, 4.69) is 4.72 Å². The topological polar surface area (TPSA) is 109 Å². The van der Waals surface area contributed by atoms with Crippen molar-refractivity contribution in [3.05, 3.63) is 53.8 Å². The van der Waals surface area contributed by atoms with Gasteiger partial charge in [0.2, 0.25) is 0 Å². The SMILES string of the molecule is Nc1ccccc1NS(=O)(=O)c1ccc(C(=O)O)cc1F. The lowest BCUT2D eigenvalue weighted by Crippen LogP contribution is -2.16. The zero-order valence-corrected chi connectivity index (χ0v) is 11.4. The van der Waals surface area contributed by atoms with Crippen LogP contribution in [0.25, 0.3) is 0 Å². The van der Waals surface area contributed by atoms with E-state index in [9.17, 15) is 17.6 Å². The van der Waals surface area contributed by atoms with Crippen molar-refractivity contribution in [1.29, 1.82) is 0 Å². The number of anilines is 2. The number of carbonyl (C=O) groups is 1. The van der Waals surface area contributed by atoms with E-state index in [1.165, 1.54) is 12.1 Å². The Labute approximate surface area is 120 Å². The highest BCUT2D eigenvalue weighted by Gasteiger charge is 2.21.